The van der Waals surface area contributed by atoms with E-state index in [0.717, 1.165) is 59.1 Å². The number of rotatable bonds is 11. The predicted octanol–water partition coefficient (Wildman–Crippen LogP) is 6.70. The summed E-state index contributed by atoms with van der Waals surface area (Å²) in [6.07, 6.45) is 6.90. The Kier molecular flexibility index (Phi) is 9.83. The van der Waals surface area contributed by atoms with E-state index < -0.39 is 0 Å². The van der Waals surface area contributed by atoms with E-state index >= 15 is 0 Å². The smallest absolute Gasteiger partial charge is 0.305 e. The first-order valence-electron chi connectivity index (χ1n) is 11.6. The molecule has 0 saturated heterocycles. The lowest BCUT2D eigenvalue weighted by Crippen LogP contribution is -2.08. The number of allylic oxidation sites excluding steroid dienone is 1. The Hall–Kier alpha value is -2.95. The number of hydrogen-bond donors (Lipinski definition) is 1. The molecule has 1 N–H and O–H groups in total. The quantitative estimate of drug-likeness (QED) is 0.233. The third kappa shape index (κ3) is 7.01. The van der Waals surface area contributed by atoms with Gasteiger partial charge >= 0.3 is 5.97 Å². The molecule has 178 valence electrons. The molecule has 0 fully saturated rings. The van der Waals surface area contributed by atoms with E-state index in [4.69, 9.17) is 4.74 Å². The van der Waals surface area contributed by atoms with Gasteiger partial charge in [0.1, 0.15) is 11.6 Å². The van der Waals surface area contributed by atoms with Crippen molar-refractivity contribution in [3.05, 3.63) is 69.5 Å². The standard InChI is InChI=1S/C28H35FO4/c1-6-33-26(31)11-9-7-8-10-25(22-13-15-23(29)16-14-22)27-21(5)24(17-12-18(2)30)19(3)20(4)28(27)32/h12-17,25,32H,6-11H2,1-5H3. The van der Waals surface area contributed by atoms with Gasteiger partial charge in [-0.3, -0.25) is 9.59 Å². The number of unbranched alkanes of at least 4 members (excludes halogenated alkanes) is 2. The van der Waals surface area contributed by atoms with Gasteiger partial charge in [-0.1, -0.05) is 31.1 Å². The van der Waals surface area contributed by atoms with E-state index in [1.54, 1.807) is 19.1 Å². The average molecular weight is 455 g/mol. The summed E-state index contributed by atoms with van der Waals surface area (Å²) < 4.78 is 18.6. The number of hydrogen-bond acceptors (Lipinski definition) is 4. The van der Waals surface area contributed by atoms with E-state index in [0.29, 0.717) is 13.0 Å². The predicted molar refractivity (Wildman–Crippen MR) is 130 cm³/mol. The van der Waals surface area contributed by atoms with Crippen molar-refractivity contribution >= 4 is 17.8 Å². The normalized spacial score (nSPS) is 12.2. The van der Waals surface area contributed by atoms with Gasteiger partial charge in [-0.2, -0.15) is 0 Å². The van der Waals surface area contributed by atoms with Crippen LogP contribution in [0.1, 0.15) is 85.3 Å². The Morgan fingerprint density at radius 3 is 2.30 bits per heavy atom. The molecule has 0 bridgehead atoms. The van der Waals surface area contributed by atoms with E-state index in [9.17, 15) is 19.1 Å². The Morgan fingerprint density at radius 2 is 1.70 bits per heavy atom. The summed E-state index contributed by atoms with van der Waals surface area (Å²) in [6, 6.07) is 6.40. The zero-order valence-corrected chi connectivity index (χ0v) is 20.3. The molecule has 0 spiro atoms. The fourth-order valence-corrected chi connectivity index (χ4v) is 4.26. The highest BCUT2D eigenvalue weighted by molar-refractivity contribution is 5.92. The molecule has 0 aliphatic rings. The average Bonchev–Trinajstić information content (AvgIpc) is 2.77. The van der Waals surface area contributed by atoms with Crippen LogP contribution < -0.4 is 0 Å². The molecule has 0 amide bonds. The highest BCUT2D eigenvalue weighted by atomic mass is 19.1. The minimum Gasteiger partial charge on any atom is -0.507 e. The molecule has 33 heavy (non-hydrogen) atoms. The lowest BCUT2D eigenvalue weighted by molar-refractivity contribution is -0.143. The third-order valence-corrected chi connectivity index (χ3v) is 6.17. The number of ketones is 1. The highest BCUT2D eigenvalue weighted by Gasteiger charge is 2.24. The van der Waals surface area contributed by atoms with Gasteiger partial charge in [0.15, 0.2) is 5.78 Å². The van der Waals surface area contributed by atoms with Crippen LogP contribution in [-0.2, 0) is 14.3 Å². The van der Waals surface area contributed by atoms with Crippen LogP contribution in [0, 0.1) is 26.6 Å². The number of halogens is 1. The number of ether oxygens (including phenoxy) is 1. The van der Waals surface area contributed by atoms with Crippen molar-refractivity contribution in [1.82, 2.24) is 0 Å². The molecule has 4 nitrogen and oxygen atoms in total. The van der Waals surface area contributed by atoms with Crippen molar-refractivity contribution in [1.29, 1.82) is 0 Å². The van der Waals surface area contributed by atoms with Crippen molar-refractivity contribution in [3.8, 4) is 5.75 Å². The second-order valence-corrected chi connectivity index (χ2v) is 8.50. The fraction of sp³-hybridized carbons (Fsp3) is 0.429. The van der Waals surface area contributed by atoms with Crippen LogP contribution in [0.5, 0.6) is 5.75 Å². The number of carbonyl (C=O) groups excluding carboxylic acids is 2. The van der Waals surface area contributed by atoms with Crippen molar-refractivity contribution < 1.29 is 23.8 Å². The SMILES string of the molecule is CCOC(=O)CCCCCC(c1ccc(F)cc1)c1c(C)c(C=CC(C)=O)c(C)c(C)c1O. The first-order valence-corrected chi connectivity index (χ1v) is 11.6. The minimum atomic E-state index is -0.307. The molecule has 0 aliphatic heterocycles. The Bertz CT molecular complexity index is 1010. The first-order chi connectivity index (χ1) is 15.7. The van der Waals surface area contributed by atoms with Crippen molar-refractivity contribution in [2.24, 2.45) is 0 Å². The van der Waals surface area contributed by atoms with Crippen molar-refractivity contribution in [3.63, 3.8) is 0 Å². The lowest BCUT2D eigenvalue weighted by atomic mass is 9.80. The van der Waals surface area contributed by atoms with Crippen LogP contribution in [0.2, 0.25) is 0 Å². The van der Waals surface area contributed by atoms with E-state index in [2.05, 4.69) is 0 Å². The third-order valence-electron chi connectivity index (χ3n) is 6.17. The summed E-state index contributed by atoms with van der Waals surface area (Å²) in [5.41, 5.74) is 5.26. The van der Waals surface area contributed by atoms with Crippen molar-refractivity contribution in [2.75, 3.05) is 6.61 Å². The molecule has 0 saturated carbocycles. The summed E-state index contributed by atoms with van der Waals surface area (Å²) in [5.74, 6) is -0.435. The molecule has 0 aromatic heterocycles. The van der Waals surface area contributed by atoms with Gasteiger partial charge in [0.05, 0.1) is 6.61 Å². The first kappa shape index (κ1) is 26.3. The van der Waals surface area contributed by atoms with Gasteiger partial charge in [0.25, 0.3) is 0 Å². The maximum atomic E-state index is 13.6. The molecular weight excluding hydrogens is 419 g/mol. The molecule has 1 atom stereocenters. The summed E-state index contributed by atoms with van der Waals surface area (Å²) in [4.78, 5) is 23.2. The molecule has 2 aromatic rings. The van der Waals surface area contributed by atoms with Crippen LogP contribution in [0.3, 0.4) is 0 Å². The molecule has 5 heteroatoms. The number of aromatic hydroxyl groups is 1. The zero-order valence-electron chi connectivity index (χ0n) is 20.3. The molecule has 0 heterocycles. The second-order valence-electron chi connectivity index (χ2n) is 8.50. The summed E-state index contributed by atoms with van der Waals surface area (Å²) in [6.45, 7) is 9.46. The molecule has 2 rings (SSSR count). The van der Waals surface area contributed by atoms with Crippen LogP contribution in [0.4, 0.5) is 4.39 Å². The maximum absolute atomic E-state index is 13.6. The van der Waals surface area contributed by atoms with E-state index in [1.165, 1.54) is 25.1 Å². The monoisotopic (exact) mass is 454 g/mol. The molecule has 2 aromatic carbocycles. The zero-order chi connectivity index (χ0) is 24.5. The highest BCUT2D eigenvalue weighted by Crippen LogP contribution is 2.42. The number of phenolic OH excluding ortho intramolecular Hbond substituents is 1. The van der Waals surface area contributed by atoms with Crippen LogP contribution in [0.15, 0.2) is 30.3 Å². The second kappa shape index (κ2) is 12.3. The topological polar surface area (TPSA) is 63.6 Å². The van der Waals surface area contributed by atoms with Gasteiger partial charge in [-0.25, -0.2) is 4.39 Å². The van der Waals surface area contributed by atoms with E-state index in [-0.39, 0.29) is 29.2 Å². The number of esters is 1. The van der Waals surface area contributed by atoms with Gasteiger partial charge < -0.3 is 9.84 Å². The largest absolute Gasteiger partial charge is 0.507 e. The lowest BCUT2D eigenvalue weighted by Gasteiger charge is -2.25. The minimum absolute atomic E-state index is 0.0437. The molecule has 0 radical (unpaired) electrons. The maximum Gasteiger partial charge on any atom is 0.305 e. The van der Waals surface area contributed by atoms with E-state index in [1.807, 2.05) is 26.8 Å². The van der Waals surface area contributed by atoms with Gasteiger partial charge in [0.2, 0.25) is 0 Å². The summed E-state index contributed by atoms with van der Waals surface area (Å²) in [5, 5.41) is 11.2. The number of carbonyl (C=O) groups is 2. The summed E-state index contributed by atoms with van der Waals surface area (Å²) in [7, 11) is 0. The molecule has 1 unspecified atom stereocenters. The van der Waals surface area contributed by atoms with Crippen LogP contribution in [0.25, 0.3) is 6.08 Å². The molecular formula is C28H35FO4. The van der Waals surface area contributed by atoms with Gasteiger partial charge in [-0.05, 0) is 93.5 Å². The molecule has 0 aliphatic carbocycles. The van der Waals surface area contributed by atoms with Crippen LogP contribution >= 0.6 is 0 Å². The Labute approximate surface area is 196 Å². The number of phenols is 1. The van der Waals surface area contributed by atoms with Gasteiger partial charge in [-0.15, -0.1) is 0 Å². The fourth-order valence-electron chi connectivity index (χ4n) is 4.26. The summed E-state index contributed by atoms with van der Waals surface area (Å²) >= 11 is 0. The number of benzene rings is 2. The van der Waals surface area contributed by atoms with Gasteiger partial charge in [0, 0.05) is 17.9 Å². The van der Waals surface area contributed by atoms with Crippen molar-refractivity contribution in [2.45, 2.75) is 72.6 Å². The Balaban J connectivity index is 2.41. The Morgan fingerprint density at radius 1 is 1.03 bits per heavy atom. The van der Waals surface area contributed by atoms with Crippen LogP contribution in [-0.4, -0.2) is 23.5 Å².